The second kappa shape index (κ2) is 3.75. The van der Waals surface area contributed by atoms with E-state index in [1.807, 2.05) is 18.3 Å². The number of H-pyrrole nitrogens is 1. The van der Waals surface area contributed by atoms with Crippen LogP contribution in [-0.4, -0.2) is 4.98 Å². The number of hydrogen-bond acceptors (Lipinski definition) is 2. The number of benzene rings is 1. The zero-order valence-electron chi connectivity index (χ0n) is 6.12. The Hall–Kier alpha value is -1.32. The van der Waals surface area contributed by atoms with Crippen molar-refractivity contribution in [3.63, 3.8) is 0 Å². The van der Waals surface area contributed by atoms with Gasteiger partial charge in [-0.15, -0.1) is 0 Å². The summed E-state index contributed by atoms with van der Waals surface area (Å²) in [5.74, 6) is 8.00. The third kappa shape index (κ3) is 1.58. The topological polar surface area (TPSA) is 67.8 Å². The van der Waals surface area contributed by atoms with Crippen LogP contribution < -0.4 is 11.7 Å². The van der Waals surface area contributed by atoms with Gasteiger partial charge in [0.2, 0.25) is 0 Å². The SMILES string of the molecule is NN.c1ccc2[nH]ccc2c1. The van der Waals surface area contributed by atoms with Crippen molar-refractivity contribution in [2.75, 3.05) is 0 Å². The maximum absolute atomic E-state index is 4.00. The van der Waals surface area contributed by atoms with Gasteiger partial charge >= 0.3 is 0 Å². The zero-order valence-corrected chi connectivity index (χ0v) is 6.12. The Morgan fingerprint density at radius 1 is 1.00 bits per heavy atom. The van der Waals surface area contributed by atoms with Gasteiger partial charge in [0.05, 0.1) is 0 Å². The first-order chi connectivity index (χ1) is 5.47. The van der Waals surface area contributed by atoms with Gasteiger partial charge in [-0.3, -0.25) is 11.7 Å². The van der Waals surface area contributed by atoms with E-state index >= 15 is 0 Å². The minimum Gasteiger partial charge on any atom is -0.361 e. The molecular weight excluding hydrogens is 138 g/mol. The Morgan fingerprint density at radius 3 is 2.45 bits per heavy atom. The van der Waals surface area contributed by atoms with Crippen molar-refractivity contribution < 1.29 is 0 Å². The van der Waals surface area contributed by atoms with Crippen LogP contribution in [0.4, 0.5) is 0 Å². The molecule has 2 rings (SSSR count). The van der Waals surface area contributed by atoms with Crippen LogP contribution in [0.1, 0.15) is 0 Å². The summed E-state index contributed by atoms with van der Waals surface area (Å²) < 4.78 is 0. The predicted octanol–water partition coefficient (Wildman–Crippen LogP) is 0.987. The van der Waals surface area contributed by atoms with Crippen LogP contribution in [0, 0.1) is 0 Å². The fourth-order valence-corrected chi connectivity index (χ4v) is 0.995. The molecular formula is C8H11N3. The number of aromatic nitrogens is 1. The maximum Gasteiger partial charge on any atom is 0.0453 e. The molecule has 3 nitrogen and oxygen atoms in total. The molecule has 3 heteroatoms. The smallest absolute Gasteiger partial charge is 0.0453 e. The van der Waals surface area contributed by atoms with E-state index in [1.165, 1.54) is 10.9 Å². The van der Waals surface area contributed by atoms with Gasteiger partial charge in [-0.25, -0.2) is 0 Å². The van der Waals surface area contributed by atoms with Crippen LogP contribution >= 0.6 is 0 Å². The van der Waals surface area contributed by atoms with E-state index in [0.29, 0.717) is 0 Å². The highest BCUT2D eigenvalue weighted by atomic mass is 15.0. The Morgan fingerprint density at radius 2 is 1.73 bits per heavy atom. The largest absolute Gasteiger partial charge is 0.361 e. The fraction of sp³-hybridized carbons (Fsp3) is 0. The molecule has 0 aliphatic heterocycles. The molecule has 0 saturated carbocycles. The average Bonchev–Trinajstić information content (AvgIpc) is 2.55. The third-order valence-corrected chi connectivity index (χ3v) is 1.46. The molecule has 0 saturated heterocycles. The normalized spacial score (nSPS) is 8.91. The Kier molecular flexibility index (Phi) is 2.66. The molecule has 11 heavy (non-hydrogen) atoms. The van der Waals surface area contributed by atoms with Crippen LogP contribution in [0.25, 0.3) is 10.9 Å². The fourth-order valence-electron chi connectivity index (χ4n) is 0.995. The van der Waals surface area contributed by atoms with E-state index in [0.717, 1.165) is 0 Å². The zero-order chi connectivity index (χ0) is 8.10. The summed E-state index contributed by atoms with van der Waals surface area (Å²) in [4.78, 5) is 3.12. The molecule has 0 amide bonds. The van der Waals surface area contributed by atoms with Gasteiger partial charge in [0, 0.05) is 11.7 Å². The number of rotatable bonds is 0. The van der Waals surface area contributed by atoms with Crippen LogP contribution in [0.15, 0.2) is 36.5 Å². The van der Waals surface area contributed by atoms with E-state index in [2.05, 4.69) is 34.9 Å². The molecule has 5 N–H and O–H groups in total. The lowest BCUT2D eigenvalue weighted by molar-refractivity contribution is 1.26. The average molecular weight is 149 g/mol. The molecule has 1 heterocycles. The molecule has 58 valence electrons. The lowest BCUT2D eigenvalue weighted by atomic mass is 10.3. The number of hydrogen-bond donors (Lipinski definition) is 3. The molecule has 1 aromatic heterocycles. The third-order valence-electron chi connectivity index (χ3n) is 1.46. The number of nitrogens with two attached hydrogens (primary N) is 2. The van der Waals surface area contributed by atoms with Crippen LogP contribution in [-0.2, 0) is 0 Å². The summed E-state index contributed by atoms with van der Waals surface area (Å²) in [6.45, 7) is 0. The molecule has 0 fully saturated rings. The van der Waals surface area contributed by atoms with E-state index in [-0.39, 0.29) is 0 Å². The summed E-state index contributed by atoms with van der Waals surface area (Å²) in [6.07, 6.45) is 1.95. The number of hydrazine groups is 1. The van der Waals surface area contributed by atoms with Gasteiger partial charge in [0.25, 0.3) is 0 Å². The number of nitrogens with one attached hydrogen (secondary N) is 1. The first-order valence-corrected chi connectivity index (χ1v) is 3.32. The molecule has 0 spiro atoms. The highest BCUT2D eigenvalue weighted by molar-refractivity contribution is 5.78. The molecule has 0 atom stereocenters. The predicted molar refractivity (Wildman–Crippen MR) is 46.7 cm³/mol. The summed E-state index contributed by atoms with van der Waals surface area (Å²) >= 11 is 0. The van der Waals surface area contributed by atoms with Crippen LogP contribution in [0.3, 0.4) is 0 Å². The lowest BCUT2D eigenvalue weighted by Gasteiger charge is -1.83. The highest BCUT2D eigenvalue weighted by Crippen LogP contribution is 2.09. The van der Waals surface area contributed by atoms with Crippen LogP contribution in [0.2, 0.25) is 0 Å². The van der Waals surface area contributed by atoms with Crippen molar-refractivity contribution in [2.45, 2.75) is 0 Å². The van der Waals surface area contributed by atoms with Gasteiger partial charge in [0.15, 0.2) is 0 Å². The summed E-state index contributed by atoms with van der Waals surface area (Å²) in [5.41, 5.74) is 1.21. The van der Waals surface area contributed by atoms with E-state index in [9.17, 15) is 0 Å². The number of fused-ring (bicyclic) bond motifs is 1. The van der Waals surface area contributed by atoms with E-state index < -0.39 is 0 Å². The summed E-state index contributed by atoms with van der Waals surface area (Å²) in [5, 5.41) is 1.28. The van der Waals surface area contributed by atoms with Crippen molar-refractivity contribution in [1.29, 1.82) is 0 Å². The van der Waals surface area contributed by atoms with Gasteiger partial charge in [0.1, 0.15) is 0 Å². The second-order valence-corrected chi connectivity index (χ2v) is 2.06. The quantitative estimate of drug-likeness (QED) is 0.386. The second-order valence-electron chi connectivity index (χ2n) is 2.06. The molecule has 0 unspecified atom stereocenters. The summed E-state index contributed by atoms with van der Waals surface area (Å²) in [7, 11) is 0. The molecule has 0 aliphatic carbocycles. The Labute approximate surface area is 65.0 Å². The Balaban J connectivity index is 0.000000281. The first kappa shape index (κ1) is 7.78. The van der Waals surface area contributed by atoms with Crippen molar-refractivity contribution in [2.24, 2.45) is 11.7 Å². The molecule has 0 radical (unpaired) electrons. The number of para-hydroxylation sites is 1. The van der Waals surface area contributed by atoms with Crippen LogP contribution in [0.5, 0.6) is 0 Å². The maximum atomic E-state index is 4.00. The van der Waals surface area contributed by atoms with Gasteiger partial charge in [-0.2, -0.15) is 0 Å². The van der Waals surface area contributed by atoms with Crippen molar-refractivity contribution in [1.82, 2.24) is 4.98 Å². The van der Waals surface area contributed by atoms with E-state index in [4.69, 9.17) is 0 Å². The molecule has 2 aromatic rings. The van der Waals surface area contributed by atoms with Gasteiger partial charge in [-0.1, -0.05) is 18.2 Å². The summed E-state index contributed by atoms with van der Waals surface area (Å²) in [6, 6.07) is 10.3. The van der Waals surface area contributed by atoms with Crippen molar-refractivity contribution in [3.8, 4) is 0 Å². The lowest BCUT2D eigenvalue weighted by Crippen LogP contribution is -2.02. The minimum absolute atomic E-state index is 1.21. The first-order valence-electron chi connectivity index (χ1n) is 3.32. The van der Waals surface area contributed by atoms with Crippen molar-refractivity contribution >= 4 is 10.9 Å². The van der Waals surface area contributed by atoms with Gasteiger partial charge < -0.3 is 4.98 Å². The minimum atomic E-state index is 1.21. The highest BCUT2D eigenvalue weighted by Gasteiger charge is 1.86. The Bertz CT molecular complexity index is 283. The molecule has 0 bridgehead atoms. The monoisotopic (exact) mass is 149 g/mol. The molecule has 1 aromatic carbocycles. The standard InChI is InChI=1S/C8H7N.H4N2/c1-2-4-8-7(3-1)5-6-9-8;1-2/h1-6,9H;1-2H2. The van der Waals surface area contributed by atoms with Gasteiger partial charge in [-0.05, 0) is 17.5 Å². The van der Waals surface area contributed by atoms with E-state index in [1.54, 1.807) is 0 Å². The number of aromatic amines is 1. The van der Waals surface area contributed by atoms with Crippen molar-refractivity contribution in [3.05, 3.63) is 36.5 Å². The molecule has 0 aliphatic rings.